The van der Waals surface area contributed by atoms with Crippen molar-refractivity contribution in [1.29, 1.82) is 0 Å². The number of amides is 1. The van der Waals surface area contributed by atoms with E-state index in [9.17, 15) is 4.79 Å². The van der Waals surface area contributed by atoms with Gasteiger partial charge in [-0.2, -0.15) is 0 Å². The van der Waals surface area contributed by atoms with Crippen molar-refractivity contribution in [2.45, 2.75) is 19.0 Å². The summed E-state index contributed by atoms with van der Waals surface area (Å²) in [4.78, 5) is 25.0. The van der Waals surface area contributed by atoms with Gasteiger partial charge in [0.25, 0.3) is 0 Å². The van der Waals surface area contributed by atoms with E-state index in [1.54, 1.807) is 26.1 Å². The summed E-state index contributed by atoms with van der Waals surface area (Å²) >= 11 is 0. The van der Waals surface area contributed by atoms with Crippen LogP contribution < -0.4 is 20.3 Å². The number of aliphatic imine (C=N–C) groups is 1. The highest BCUT2D eigenvalue weighted by Crippen LogP contribution is 2.17. The number of benzene rings is 1. The summed E-state index contributed by atoms with van der Waals surface area (Å²) in [5.41, 5.74) is 1.07. The van der Waals surface area contributed by atoms with Gasteiger partial charge in [0.2, 0.25) is 5.91 Å². The fourth-order valence-electron chi connectivity index (χ4n) is 3.19. The van der Waals surface area contributed by atoms with Crippen LogP contribution in [0.25, 0.3) is 0 Å². The van der Waals surface area contributed by atoms with Gasteiger partial charge in [-0.1, -0.05) is 18.2 Å². The van der Waals surface area contributed by atoms with Gasteiger partial charge in [-0.05, 0) is 36.2 Å². The van der Waals surface area contributed by atoms with Crippen molar-refractivity contribution in [2.75, 3.05) is 45.7 Å². The lowest BCUT2D eigenvalue weighted by atomic mass is 10.2. The average molecular weight is 538 g/mol. The highest BCUT2D eigenvalue weighted by Gasteiger charge is 2.24. The first-order valence-electron chi connectivity index (χ1n) is 10.1. The number of pyridine rings is 1. The number of methoxy groups -OCH3 is 1. The number of carbonyl (C=O) groups is 1. The zero-order valence-electron chi connectivity index (χ0n) is 18.2. The second-order valence-electron chi connectivity index (χ2n) is 7.42. The molecule has 1 aromatic carbocycles. The zero-order chi connectivity index (χ0) is 21.3. The number of rotatable bonds is 7. The monoisotopic (exact) mass is 538 g/mol. The molecule has 1 fully saturated rings. The molecule has 1 aliphatic rings. The van der Waals surface area contributed by atoms with Gasteiger partial charge in [0.05, 0.1) is 20.2 Å². The molecule has 0 radical (unpaired) electrons. The highest BCUT2D eigenvalue weighted by atomic mass is 127. The minimum atomic E-state index is -0.00418. The van der Waals surface area contributed by atoms with Crippen molar-refractivity contribution in [1.82, 2.24) is 20.5 Å². The van der Waals surface area contributed by atoms with Gasteiger partial charge in [0, 0.05) is 39.4 Å². The average Bonchev–Trinajstić information content (AvgIpc) is 3.24. The van der Waals surface area contributed by atoms with Crippen LogP contribution in [0.1, 0.15) is 12.0 Å². The van der Waals surface area contributed by atoms with Gasteiger partial charge in [0.15, 0.2) is 5.96 Å². The Morgan fingerprint density at radius 2 is 2.03 bits per heavy atom. The molecule has 0 bridgehead atoms. The molecule has 8 nitrogen and oxygen atoms in total. The first-order valence-corrected chi connectivity index (χ1v) is 10.1. The van der Waals surface area contributed by atoms with E-state index in [1.165, 1.54) is 0 Å². The van der Waals surface area contributed by atoms with Gasteiger partial charge in [-0.25, -0.2) is 9.98 Å². The first-order chi connectivity index (χ1) is 14.5. The Kier molecular flexibility index (Phi) is 9.83. The molecule has 2 aromatic rings. The Balaban J connectivity index is 0.00000341. The van der Waals surface area contributed by atoms with E-state index in [2.05, 4.69) is 20.5 Å². The molecule has 0 aliphatic carbocycles. The van der Waals surface area contributed by atoms with Crippen LogP contribution in [0.4, 0.5) is 5.82 Å². The van der Waals surface area contributed by atoms with Gasteiger partial charge in [-0.15, -0.1) is 24.0 Å². The number of likely N-dealkylation sites (N-methyl/N-ethyl adjacent to an activating group) is 1. The SMILES string of the molecule is COc1ccc(CN=C(NCC(=O)N(C)C)NC2CCN(c3ccccn3)C2)cc1.I. The Morgan fingerprint density at radius 3 is 2.68 bits per heavy atom. The van der Waals surface area contributed by atoms with Crippen molar-refractivity contribution in [3.05, 3.63) is 54.2 Å². The number of ether oxygens (including phenoxy) is 1. The van der Waals surface area contributed by atoms with Gasteiger partial charge >= 0.3 is 0 Å². The predicted molar refractivity (Wildman–Crippen MR) is 134 cm³/mol. The minimum Gasteiger partial charge on any atom is -0.497 e. The molecular weight excluding hydrogens is 507 g/mol. The number of carbonyl (C=O) groups excluding carboxylic acids is 1. The van der Waals surface area contributed by atoms with Gasteiger partial charge in [-0.3, -0.25) is 4.79 Å². The second-order valence-corrected chi connectivity index (χ2v) is 7.42. The molecule has 2 heterocycles. The lowest BCUT2D eigenvalue weighted by Gasteiger charge is -2.20. The lowest BCUT2D eigenvalue weighted by molar-refractivity contribution is -0.127. The third-order valence-corrected chi connectivity index (χ3v) is 4.99. The summed E-state index contributed by atoms with van der Waals surface area (Å²) in [5, 5.41) is 6.64. The Hall–Kier alpha value is -2.56. The fraction of sp³-hybridized carbons (Fsp3) is 0.409. The maximum absolute atomic E-state index is 12.0. The molecule has 0 spiro atoms. The Labute approximate surface area is 201 Å². The maximum Gasteiger partial charge on any atom is 0.241 e. The number of hydrogen-bond acceptors (Lipinski definition) is 5. The van der Waals surface area contributed by atoms with E-state index in [-0.39, 0.29) is 42.5 Å². The van der Waals surface area contributed by atoms with Crippen LogP contribution in [0.3, 0.4) is 0 Å². The number of halogens is 1. The van der Waals surface area contributed by atoms with Crippen LogP contribution in [-0.2, 0) is 11.3 Å². The van der Waals surface area contributed by atoms with Gasteiger partial charge in [0.1, 0.15) is 11.6 Å². The van der Waals surface area contributed by atoms with E-state index in [0.29, 0.717) is 12.5 Å². The summed E-state index contributed by atoms with van der Waals surface area (Å²) in [6, 6.07) is 14.0. The molecule has 31 heavy (non-hydrogen) atoms. The van der Waals surface area contributed by atoms with Crippen LogP contribution in [0, 0.1) is 0 Å². The van der Waals surface area contributed by atoms with Crippen LogP contribution in [0.5, 0.6) is 5.75 Å². The van der Waals surface area contributed by atoms with E-state index in [1.807, 2.05) is 48.7 Å². The standard InChI is InChI=1S/C22H30N6O2.HI/c1-27(2)21(29)15-25-22(24-14-17-7-9-19(30-3)10-8-17)26-18-11-13-28(16-18)20-6-4-5-12-23-20;/h4-10,12,18H,11,13-16H2,1-3H3,(H2,24,25,26);1H. The summed E-state index contributed by atoms with van der Waals surface area (Å²) in [6.07, 6.45) is 2.79. The molecule has 1 unspecified atom stereocenters. The summed E-state index contributed by atoms with van der Waals surface area (Å²) in [7, 11) is 5.14. The molecule has 0 saturated carbocycles. The van der Waals surface area contributed by atoms with E-state index >= 15 is 0 Å². The largest absolute Gasteiger partial charge is 0.497 e. The van der Waals surface area contributed by atoms with Crippen LogP contribution in [0.2, 0.25) is 0 Å². The number of nitrogens with zero attached hydrogens (tertiary/aromatic N) is 4. The maximum atomic E-state index is 12.0. The van der Waals surface area contributed by atoms with Crippen molar-refractivity contribution < 1.29 is 9.53 Å². The summed E-state index contributed by atoms with van der Waals surface area (Å²) in [6.45, 7) is 2.46. The van der Waals surface area contributed by atoms with Crippen LogP contribution in [0.15, 0.2) is 53.7 Å². The lowest BCUT2D eigenvalue weighted by Crippen LogP contribution is -2.47. The molecule has 1 saturated heterocycles. The number of hydrogen-bond donors (Lipinski definition) is 2. The molecule has 1 aromatic heterocycles. The fourth-order valence-corrected chi connectivity index (χ4v) is 3.19. The first kappa shape index (κ1) is 24.7. The molecule has 1 amide bonds. The number of nitrogens with one attached hydrogen (secondary N) is 2. The number of guanidine groups is 1. The van der Waals surface area contributed by atoms with Crippen molar-refractivity contribution >= 4 is 41.7 Å². The second kappa shape index (κ2) is 12.3. The predicted octanol–water partition coefficient (Wildman–Crippen LogP) is 2.11. The normalized spacial score (nSPS) is 15.8. The molecule has 1 aliphatic heterocycles. The third-order valence-electron chi connectivity index (χ3n) is 4.99. The van der Waals surface area contributed by atoms with Gasteiger partial charge < -0.3 is 25.2 Å². The third kappa shape index (κ3) is 7.57. The zero-order valence-corrected chi connectivity index (χ0v) is 20.6. The van der Waals surface area contributed by atoms with E-state index in [4.69, 9.17) is 9.73 Å². The summed E-state index contributed by atoms with van der Waals surface area (Å²) < 4.78 is 5.20. The van der Waals surface area contributed by atoms with Crippen molar-refractivity contribution in [3.63, 3.8) is 0 Å². The number of anilines is 1. The van der Waals surface area contributed by atoms with E-state index < -0.39 is 0 Å². The summed E-state index contributed by atoms with van der Waals surface area (Å²) in [5.74, 6) is 2.43. The van der Waals surface area contributed by atoms with Crippen molar-refractivity contribution in [3.8, 4) is 5.75 Å². The topological polar surface area (TPSA) is 82.1 Å². The molecule has 2 N–H and O–H groups in total. The van der Waals surface area contributed by atoms with E-state index in [0.717, 1.165) is 36.6 Å². The smallest absolute Gasteiger partial charge is 0.241 e. The quantitative estimate of drug-likeness (QED) is 0.320. The van der Waals surface area contributed by atoms with Crippen molar-refractivity contribution in [2.24, 2.45) is 4.99 Å². The molecule has 1 atom stereocenters. The molecule has 3 rings (SSSR count). The Morgan fingerprint density at radius 1 is 1.26 bits per heavy atom. The molecule has 168 valence electrons. The van der Waals surface area contributed by atoms with Crippen LogP contribution >= 0.6 is 24.0 Å². The minimum absolute atomic E-state index is 0. The highest BCUT2D eigenvalue weighted by molar-refractivity contribution is 14.0. The molecule has 9 heteroatoms. The van der Waals surface area contributed by atoms with Crippen LogP contribution in [-0.4, -0.2) is 68.6 Å². The Bertz CT molecular complexity index is 845. The molecular formula is C22H31IN6O2. The number of aromatic nitrogens is 1.